The molecular formula is C34H45N7O4. The Hall–Kier alpha value is -3.99. The lowest BCUT2D eigenvalue weighted by molar-refractivity contribution is -0.119. The van der Waals surface area contributed by atoms with Gasteiger partial charge < -0.3 is 20.3 Å². The molecule has 0 radical (unpaired) electrons. The third-order valence-electron chi connectivity index (χ3n) is 9.11. The first-order chi connectivity index (χ1) is 21.4. The van der Waals surface area contributed by atoms with Gasteiger partial charge in [-0.15, -0.1) is 0 Å². The van der Waals surface area contributed by atoms with Crippen LogP contribution in [0.5, 0.6) is 0 Å². The average molecular weight is 616 g/mol. The third kappa shape index (κ3) is 6.98. The van der Waals surface area contributed by atoms with E-state index in [1.165, 1.54) is 4.68 Å². The molecule has 2 aromatic heterocycles. The van der Waals surface area contributed by atoms with Gasteiger partial charge in [-0.25, -0.2) is 4.79 Å². The van der Waals surface area contributed by atoms with E-state index in [0.717, 1.165) is 49.9 Å². The van der Waals surface area contributed by atoms with Gasteiger partial charge in [-0.2, -0.15) is 14.9 Å². The normalized spacial score (nSPS) is 18.0. The number of ether oxygens (including phenoxy) is 1. The summed E-state index contributed by atoms with van der Waals surface area (Å²) < 4.78 is 8.59. The Morgan fingerprint density at radius 1 is 1.00 bits per heavy atom. The van der Waals surface area contributed by atoms with E-state index < -0.39 is 17.7 Å². The van der Waals surface area contributed by atoms with E-state index >= 15 is 0 Å². The van der Waals surface area contributed by atoms with Crippen LogP contribution >= 0.6 is 0 Å². The van der Waals surface area contributed by atoms with Crippen molar-refractivity contribution in [2.45, 2.75) is 78.5 Å². The number of anilines is 1. The van der Waals surface area contributed by atoms with Crippen LogP contribution in [0.2, 0.25) is 0 Å². The summed E-state index contributed by atoms with van der Waals surface area (Å²) >= 11 is 0. The first-order valence-electron chi connectivity index (χ1n) is 16.1. The van der Waals surface area contributed by atoms with Crippen molar-refractivity contribution >= 4 is 23.6 Å². The average Bonchev–Trinajstić information content (AvgIpc) is 3.89. The Bertz CT molecular complexity index is 1560. The van der Waals surface area contributed by atoms with Crippen molar-refractivity contribution in [1.29, 1.82) is 0 Å². The van der Waals surface area contributed by atoms with Gasteiger partial charge in [0.15, 0.2) is 0 Å². The minimum absolute atomic E-state index is 0.119. The highest BCUT2D eigenvalue weighted by molar-refractivity contribution is 6.01. The van der Waals surface area contributed by atoms with Gasteiger partial charge in [-0.1, -0.05) is 12.1 Å². The fraction of sp³-hybridized carbons (Fsp3) is 0.559. The van der Waals surface area contributed by atoms with Crippen molar-refractivity contribution in [3.63, 3.8) is 0 Å². The minimum Gasteiger partial charge on any atom is -0.442 e. The van der Waals surface area contributed by atoms with Crippen LogP contribution in [0.1, 0.15) is 68.3 Å². The number of aryl methyl sites for hydroxylation is 1. The van der Waals surface area contributed by atoms with Crippen LogP contribution in [0.3, 0.4) is 0 Å². The molecule has 3 aliphatic rings. The lowest BCUT2D eigenvalue weighted by Crippen LogP contribution is -2.50. The fourth-order valence-electron chi connectivity index (χ4n) is 6.79. The van der Waals surface area contributed by atoms with E-state index in [4.69, 9.17) is 4.74 Å². The minimum atomic E-state index is -0.632. The van der Waals surface area contributed by atoms with E-state index in [1.54, 1.807) is 16.9 Å². The topological polar surface area (TPSA) is 123 Å². The number of benzene rings is 1. The zero-order valence-electron chi connectivity index (χ0n) is 27.2. The molecule has 0 spiro atoms. The van der Waals surface area contributed by atoms with Crippen LogP contribution in [-0.2, 0) is 16.1 Å². The lowest BCUT2D eigenvalue weighted by Gasteiger charge is -2.36. The first-order valence-corrected chi connectivity index (χ1v) is 16.1. The van der Waals surface area contributed by atoms with Crippen LogP contribution in [0.25, 0.3) is 11.1 Å². The maximum absolute atomic E-state index is 13.9. The van der Waals surface area contributed by atoms with Gasteiger partial charge in [-0.05, 0) is 109 Å². The molecule has 1 saturated heterocycles. The van der Waals surface area contributed by atoms with Crippen LogP contribution in [0.15, 0.2) is 36.5 Å². The quantitative estimate of drug-likeness (QED) is 0.333. The molecule has 1 aromatic carbocycles. The molecule has 3 aromatic rings. The van der Waals surface area contributed by atoms with Crippen LogP contribution in [-0.4, -0.2) is 74.1 Å². The number of nitrogens with one attached hydrogen (secondary N) is 2. The second kappa shape index (κ2) is 12.1. The highest BCUT2D eigenvalue weighted by Crippen LogP contribution is 2.51. The van der Waals surface area contributed by atoms with E-state index in [-0.39, 0.29) is 17.7 Å². The standard InChI is InChI=1S/C34H45N7O4/c1-20-28(21(2)41(38-20)33(44)45-34(3,4)5)23-11-13-26(14-12-23)36-32(43)30(29(24-7-8-24)25-9-10-25)37-31(42)27-15-16-35-40(27)19-22-17-39(6)18-22/h11-16,22,24-25,29-30H,7-10,17-19H2,1-6H3,(H,36,43)(H,37,42). The molecule has 11 heteroatoms. The van der Waals surface area contributed by atoms with Crippen molar-refractivity contribution in [3.8, 4) is 11.1 Å². The van der Waals surface area contributed by atoms with Crippen LogP contribution in [0.4, 0.5) is 10.5 Å². The summed E-state index contributed by atoms with van der Waals surface area (Å²) in [7, 11) is 2.09. The van der Waals surface area contributed by atoms with Gasteiger partial charge in [-0.3, -0.25) is 14.3 Å². The molecule has 6 rings (SSSR count). The Balaban J connectivity index is 1.18. The number of hydrogen-bond acceptors (Lipinski definition) is 7. The first kappa shape index (κ1) is 31.0. The Morgan fingerprint density at radius 2 is 1.64 bits per heavy atom. The smallest absolute Gasteiger partial charge is 0.435 e. The molecule has 2 saturated carbocycles. The van der Waals surface area contributed by atoms with Crippen molar-refractivity contribution in [3.05, 3.63) is 53.6 Å². The summed E-state index contributed by atoms with van der Waals surface area (Å²) in [4.78, 5) is 42.5. The molecule has 3 heterocycles. The molecular weight excluding hydrogens is 570 g/mol. The number of nitrogens with zero attached hydrogens (tertiary/aromatic N) is 5. The molecule has 2 N–H and O–H groups in total. The molecule has 1 unspecified atom stereocenters. The Morgan fingerprint density at radius 3 is 2.22 bits per heavy atom. The number of likely N-dealkylation sites (tertiary alicyclic amines) is 1. The number of amides is 2. The Labute approximate surface area is 264 Å². The van der Waals surface area contributed by atoms with Gasteiger partial charge in [0.1, 0.15) is 17.3 Å². The summed E-state index contributed by atoms with van der Waals surface area (Å²) in [5.41, 5.74) is 3.61. The van der Waals surface area contributed by atoms with E-state index in [9.17, 15) is 14.4 Å². The van der Waals surface area contributed by atoms with Crippen molar-refractivity contribution in [2.75, 3.05) is 25.5 Å². The molecule has 2 amide bonds. The molecule has 11 nitrogen and oxygen atoms in total. The molecule has 1 aliphatic heterocycles. The SMILES string of the molecule is Cc1nn(C(=O)OC(C)(C)C)c(C)c1-c1ccc(NC(=O)C(NC(=O)c2ccnn2CC2CN(C)C2)C(C2CC2)C2CC2)cc1. The van der Waals surface area contributed by atoms with Crippen molar-refractivity contribution in [2.24, 2.45) is 23.7 Å². The Kier molecular flexibility index (Phi) is 8.32. The van der Waals surface area contributed by atoms with Gasteiger partial charge >= 0.3 is 6.09 Å². The summed E-state index contributed by atoms with van der Waals surface area (Å²) in [5, 5.41) is 15.1. The number of aromatic nitrogens is 4. The zero-order valence-corrected chi connectivity index (χ0v) is 27.2. The molecule has 1 atom stereocenters. The van der Waals surface area contributed by atoms with E-state index in [2.05, 4.69) is 32.8 Å². The van der Waals surface area contributed by atoms with Gasteiger partial charge in [0.2, 0.25) is 5.91 Å². The van der Waals surface area contributed by atoms with Crippen LogP contribution < -0.4 is 10.6 Å². The summed E-state index contributed by atoms with van der Waals surface area (Å²) in [6.07, 6.45) is 5.52. The van der Waals surface area contributed by atoms with Crippen LogP contribution in [0, 0.1) is 37.5 Å². The van der Waals surface area contributed by atoms with Gasteiger partial charge in [0.05, 0.1) is 11.4 Å². The van der Waals surface area contributed by atoms with Crippen molar-refractivity contribution in [1.82, 2.24) is 29.8 Å². The summed E-state index contributed by atoms with van der Waals surface area (Å²) in [5.74, 6) is 1.05. The summed E-state index contributed by atoms with van der Waals surface area (Å²) in [6, 6.07) is 8.63. The maximum Gasteiger partial charge on any atom is 0.435 e. The highest BCUT2D eigenvalue weighted by atomic mass is 16.6. The van der Waals surface area contributed by atoms with Gasteiger partial charge in [0.25, 0.3) is 5.91 Å². The second-order valence-electron chi connectivity index (χ2n) is 14.2. The predicted octanol–water partition coefficient (Wildman–Crippen LogP) is 4.88. The lowest BCUT2D eigenvalue weighted by atomic mass is 9.88. The zero-order chi connectivity index (χ0) is 32.0. The third-order valence-corrected chi connectivity index (χ3v) is 9.11. The number of carbonyl (C=O) groups excluding carboxylic acids is 3. The maximum atomic E-state index is 13.9. The number of hydrogen-bond donors (Lipinski definition) is 2. The monoisotopic (exact) mass is 615 g/mol. The molecule has 45 heavy (non-hydrogen) atoms. The number of rotatable bonds is 10. The summed E-state index contributed by atoms with van der Waals surface area (Å²) in [6.45, 7) is 11.8. The highest BCUT2D eigenvalue weighted by Gasteiger charge is 2.48. The van der Waals surface area contributed by atoms with Gasteiger partial charge in [0, 0.05) is 43.0 Å². The molecule has 3 fully saturated rings. The van der Waals surface area contributed by atoms with E-state index in [0.29, 0.717) is 47.1 Å². The fourth-order valence-corrected chi connectivity index (χ4v) is 6.79. The van der Waals surface area contributed by atoms with Crippen molar-refractivity contribution < 1.29 is 19.1 Å². The molecule has 2 aliphatic carbocycles. The predicted molar refractivity (Wildman–Crippen MR) is 171 cm³/mol. The molecule has 0 bridgehead atoms. The second-order valence-corrected chi connectivity index (χ2v) is 14.2. The number of carbonyl (C=O) groups is 3. The molecule has 240 valence electrons. The largest absolute Gasteiger partial charge is 0.442 e. The van der Waals surface area contributed by atoms with E-state index in [1.807, 2.05) is 58.9 Å².